The third-order valence-electron chi connectivity index (χ3n) is 2.43. The number of rotatable bonds is 2. The molecule has 1 rings (SSSR count). The topological polar surface area (TPSA) is 17.1 Å². The van der Waals surface area contributed by atoms with E-state index < -0.39 is 13.1 Å². The Hall–Kier alpha value is -0.100. The second-order valence-corrected chi connectivity index (χ2v) is 6.71. The van der Waals surface area contributed by atoms with Crippen LogP contribution in [0.15, 0.2) is 12.7 Å². The molecule has 1 nitrogen and oxygen atoms in total. The van der Waals surface area contributed by atoms with Crippen LogP contribution in [-0.2, 0) is 4.57 Å². The fourth-order valence-electron chi connectivity index (χ4n) is 1.67. The summed E-state index contributed by atoms with van der Waals surface area (Å²) in [6, 6.07) is 0. The average molecular weight is 190 g/mol. The van der Waals surface area contributed by atoms with E-state index in [0.717, 1.165) is 19.3 Å². The van der Waals surface area contributed by atoms with Crippen molar-refractivity contribution in [1.29, 1.82) is 0 Å². The van der Waals surface area contributed by atoms with Gasteiger partial charge >= 0.3 is 0 Å². The predicted octanol–water partition coefficient (Wildman–Crippen LogP) is 3.41. The molecule has 70 valence electrons. The van der Waals surface area contributed by atoms with Gasteiger partial charge in [0.05, 0.1) is 0 Å². The van der Waals surface area contributed by atoms with Gasteiger partial charge in [0.1, 0.15) is 7.14 Å². The van der Waals surface area contributed by atoms with Crippen LogP contribution in [0.4, 0.5) is 4.39 Å². The van der Waals surface area contributed by atoms with Crippen molar-refractivity contribution in [1.82, 2.24) is 0 Å². The smallest absolute Gasteiger partial charge is 0.153 e. The van der Waals surface area contributed by atoms with Crippen molar-refractivity contribution in [3.8, 4) is 0 Å². The fraction of sp³-hybridized carbons (Fsp3) is 0.778. The lowest BCUT2D eigenvalue weighted by atomic mass is 10.2. The molecule has 1 saturated heterocycles. The van der Waals surface area contributed by atoms with Gasteiger partial charge in [-0.1, -0.05) is 18.9 Å². The summed E-state index contributed by atoms with van der Waals surface area (Å²) in [6.45, 7) is 3.53. The Morgan fingerprint density at radius 1 is 1.50 bits per heavy atom. The summed E-state index contributed by atoms with van der Waals surface area (Å²) in [5.74, 6) is -1.06. The molecule has 0 saturated carbocycles. The minimum atomic E-state index is -2.53. The van der Waals surface area contributed by atoms with Crippen molar-refractivity contribution in [2.75, 3.05) is 12.3 Å². The van der Waals surface area contributed by atoms with E-state index in [-0.39, 0.29) is 0 Å². The van der Waals surface area contributed by atoms with Gasteiger partial charge in [-0.3, -0.25) is 0 Å². The van der Waals surface area contributed by atoms with Crippen LogP contribution >= 0.6 is 7.14 Å². The summed E-state index contributed by atoms with van der Waals surface area (Å²) in [5.41, 5.74) is 0. The van der Waals surface area contributed by atoms with E-state index in [1.54, 1.807) is 6.08 Å². The molecule has 0 aromatic carbocycles. The Labute approximate surface area is 73.4 Å². The van der Waals surface area contributed by atoms with Crippen molar-refractivity contribution < 1.29 is 8.96 Å². The van der Waals surface area contributed by atoms with Crippen molar-refractivity contribution >= 4 is 7.14 Å². The highest BCUT2D eigenvalue weighted by molar-refractivity contribution is 7.64. The first kappa shape index (κ1) is 9.98. The zero-order valence-corrected chi connectivity index (χ0v) is 8.23. The first-order valence-electron chi connectivity index (χ1n) is 4.52. The highest BCUT2D eigenvalue weighted by Crippen LogP contribution is 2.55. The fourth-order valence-corrected chi connectivity index (χ4v) is 4.21. The quantitative estimate of drug-likeness (QED) is 0.481. The maximum Gasteiger partial charge on any atom is 0.153 e. The maximum absolute atomic E-state index is 13.4. The lowest BCUT2D eigenvalue weighted by molar-refractivity contribution is 0.396. The molecule has 0 radical (unpaired) electrons. The SMILES string of the molecule is C=CCP1(=O)CCCCCC1F. The highest BCUT2D eigenvalue weighted by Gasteiger charge is 2.32. The average Bonchev–Trinajstić information content (AvgIpc) is 2.17. The number of alkyl halides is 1. The second kappa shape index (κ2) is 4.23. The van der Waals surface area contributed by atoms with E-state index in [1.807, 2.05) is 0 Å². The number of hydrogen-bond acceptors (Lipinski definition) is 1. The van der Waals surface area contributed by atoms with Crippen LogP contribution in [0.1, 0.15) is 25.7 Å². The molecule has 0 aromatic rings. The summed E-state index contributed by atoms with van der Waals surface area (Å²) < 4.78 is 25.3. The van der Waals surface area contributed by atoms with Crippen LogP contribution in [0.25, 0.3) is 0 Å². The molecule has 0 bridgehead atoms. The van der Waals surface area contributed by atoms with E-state index in [0.29, 0.717) is 18.7 Å². The minimum Gasteiger partial charge on any atom is -0.320 e. The summed E-state index contributed by atoms with van der Waals surface area (Å²) in [4.78, 5) is 0. The van der Waals surface area contributed by atoms with Crippen LogP contribution in [0, 0.1) is 0 Å². The van der Waals surface area contributed by atoms with Crippen molar-refractivity contribution in [3.05, 3.63) is 12.7 Å². The van der Waals surface area contributed by atoms with Gasteiger partial charge in [0, 0.05) is 12.3 Å². The third-order valence-corrected chi connectivity index (χ3v) is 5.66. The summed E-state index contributed by atoms with van der Waals surface area (Å²) >= 11 is 0. The number of hydrogen-bond donors (Lipinski definition) is 0. The van der Waals surface area contributed by atoms with Crippen LogP contribution in [0.2, 0.25) is 0 Å². The normalized spacial score (nSPS) is 37.2. The molecular weight excluding hydrogens is 174 g/mol. The predicted molar refractivity (Wildman–Crippen MR) is 50.9 cm³/mol. The van der Waals surface area contributed by atoms with Gasteiger partial charge in [-0.2, -0.15) is 0 Å². The van der Waals surface area contributed by atoms with Crippen LogP contribution < -0.4 is 0 Å². The van der Waals surface area contributed by atoms with Crippen LogP contribution in [-0.4, -0.2) is 18.2 Å². The zero-order valence-electron chi connectivity index (χ0n) is 7.34. The molecular formula is C9H16FOP. The van der Waals surface area contributed by atoms with E-state index >= 15 is 0 Å². The van der Waals surface area contributed by atoms with E-state index in [2.05, 4.69) is 6.58 Å². The Kier molecular flexibility index (Phi) is 3.52. The second-order valence-electron chi connectivity index (χ2n) is 3.43. The first-order valence-corrected chi connectivity index (χ1v) is 6.66. The first-order chi connectivity index (χ1) is 5.69. The van der Waals surface area contributed by atoms with Crippen molar-refractivity contribution in [3.63, 3.8) is 0 Å². The number of allylic oxidation sites excluding steroid dienone is 1. The lowest BCUT2D eigenvalue weighted by Crippen LogP contribution is -2.04. The Morgan fingerprint density at radius 3 is 2.92 bits per heavy atom. The zero-order chi connectivity index (χ0) is 9.03. The van der Waals surface area contributed by atoms with Gasteiger partial charge in [0.2, 0.25) is 0 Å². The Balaban J connectivity index is 2.68. The van der Waals surface area contributed by atoms with E-state index in [4.69, 9.17) is 0 Å². The summed E-state index contributed by atoms with van der Waals surface area (Å²) in [6.07, 6.45) is 5.90. The molecule has 3 heteroatoms. The molecule has 0 amide bonds. The van der Waals surface area contributed by atoms with Gasteiger partial charge in [-0.05, 0) is 12.8 Å². The van der Waals surface area contributed by atoms with Gasteiger partial charge < -0.3 is 4.57 Å². The van der Waals surface area contributed by atoms with Crippen LogP contribution in [0.5, 0.6) is 0 Å². The van der Waals surface area contributed by atoms with Crippen molar-refractivity contribution in [2.24, 2.45) is 0 Å². The molecule has 0 N–H and O–H groups in total. The van der Waals surface area contributed by atoms with E-state index in [1.165, 1.54) is 0 Å². The molecule has 1 aliphatic heterocycles. The maximum atomic E-state index is 13.4. The molecule has 1 fully saturated rings. The minimum absolute atomic E-state index is 0.383. The molecule has 2 unspecified atom stereocenters. The van der Waals surface area contributed by atoms with Crippen molar-refractivity contribution in [2.45, 2.75) is 31.6 Å². The van der Waals surface area contributed by atoms with E-state index in [9.17, 15) is 8.96 Å². The molecule has 0 aromatic heterocycles. The Bertz CT molecular complexity index is 203. The highest BCUT2D eigenvalue weighted by atomic mass is 31.2. The Morgan fingerprint density at radius 2 is 2.25 bits per heavy atom. The largest absolute Gasteiger partial charge is 0.320 e. The molecule has 1 heterocycles. The van der Waals surface area contributed by atoms with Gasteiger partial charge in [-0.25, -0.2) is 4.39 Å². The molecule has 2 atom stereocenters. The molecule has 1 aliphatic rings. The standard InChI is InChI=1S/C9H16FOP/c1-2-7-12(11)8-5-3-4-6-9(12)10/h2,9H,1,3-8H2. The molecule has 0 spiro atoms. The van der Waals surface area contributed by atoms with Gasteiger partial charge in [0.15, 0.2) is 5.91 Å². The monoisotopic (exact) mass is 190 g/mol. The lowest BCUT2D eigenvalue weighted by Gasteiger charge is -2.17. The summed E-state index contributed by atoms with van der Waals surface area (Å²) in [7, 11) is -2.53. The third kappa shape index (κ3) is 2.20. The molecule has 12 heavy (non-hydrogen) atoms. The van der Waals surface area contributed by atoms with Gasteiger partial charge in [-0.15, -0.1) is 6.58 Å². The van der Waals surface area contributed by atoms with Gasteiger partial charge in [0.25, 0.3) is 0 Å². The van der Waals surface area contributed by atoms with Crippen LogP contribution in [0.3, 0.4) is 0 Å². The number of halogens is 1. The summed E-state index contributed by atoms with van der Waals surface area (Å²) in [5, 5.41) is 0. The molecule has 0 aliphatic carbocycles.